The Morgan fingerprint density at radius 2 is 2.00 bits per heavy atom. The number of aromatic amines is 2. The predicted octanol–water partition coefficient (Wildman–Crippen LogP) is 0.0400. The van der Waals surface area contributed by atoms with Crippen LogP contribution in [0.4, 0.5) is 0 Å². The van der Waals surface area contributed by atoms with Crippen molar-refractivity contribution in [3.63, 3.8) is 0 Å². The van der Waals surface area contributed by atoms with Gasteiger partial charge in [-0.3, -0.25) is 19.4 Å². The molecule has 0 fully saturated rings. The van der Waals surface area contributed by atoms with E-state index in [2.05, 4.69) is 10.1 Å². The van der Waals surface area contributed by atoms with Gasteiger partial charge in [0.15, 0.2) is 0 Å². The molecule has 18 heavy (non-hydrogen) atoms. The molecule has 0 aromatic carbocycles. The second kappa shape index (κ2) is 4.17. The number of hydrogen-bond donors (Lipinski definition) is 2. The van der Waals surface area contributed by atoms with Crippen molar-refractivity contribution in [2.75, 3.05) is 6.61 Å². The molecular weight excluding hydrogens is 238 g/mol. The topological polar surface area (TPSA) is 97.0 Å². The summed E-state index contributed by atoms with van der Waals surface area (Å²) in [7, 11) is 1.57. The van der Waals surface area contributed by atoms with E-state index >= 15 is 0 Å². The van der Waals surface area contributed by atoms with E-state index in [0.717, 1.165) is 0 Å². The molecule has 0 saturated carbocycles. The summed E-state index contributed by atoms with van der Waals surface area (Å²) in [5, 5.41) is 2.64. The van der Waals surface area contributed by atoms with E-state index in [9.17, 15) is 14.4 Å². The molecule has 0 saturated heterocycles. The Labute approximate surface area is 101 Å². The van der Waals surface area contributed by atoms with Gasteiger partial charge in [0.2, 0.25) is 0 Å². The minimum Gasteiger partial charge on any atom is -0.462 e. The third-order valence-corrected chi connectivity index (χ3v) is 2.75. The number of ether oxygens (including phenoxy) is 1. The number of hydrogen-bond acceptors (Lipinski definition) is 4. The van der Waals surface area contributed by atoms with Gasteiger partial charge < -0.3 is 9.72 Å². The first-order valence-corrected chi connectivity index (χ1v) is 5.46. The third kappa shape index (κ3) is 1.64. The van der Waals surface area contributed by atoms with Crippen molar-refractivity contribution in [2.24, 2.45) is 7.05 Å². The van der Waals surface area contributed by atoms with Crippen LogP contribution in [0.3, 0.4) is 0 Å². The Hall–Kier alpha value is -2.31. The smallest absolute Gasteiger partial charge is 0.339 e. The number of carbonyl (C=O) groups is 1. The molecular formula is C11H13N3O4. The van der Waals surface area contributed by atoms with Gasteiger partial charge in [-0.1, -0.05) is 0 Å². The van der Waals surface area contributed by atoms with Gasteiger partial charge in [0.1, 0.15) is 5.65 Å². The molecule has 7 heteroatoms. The number of nitrogens with zero attached hydrogens (tertiary/aromatic N) is 1. The highest BCUT2D eigenvalue weighted by molar-refractivity contribution is 6.03. The zero-order valence-electron chi connectivity index (χ0n) is 10.3. The fourth-order valence-corrected chi connectivity index (χ4v) is 1.88. The average molecular weight is 251 g/mol. The zero-order chi connectivity index (χ0) is 13.4. The minimum absolute atomic E-state index is 0.0254. The maximum atomic E-state index is 11.9. The van der Waals surface area contributed by atoms with E-state index in [1.54, 1.807) is 14.0 Å². The molecule has 0 spiro atoms. The first kappa shape index (κ1) is 12.2. The van der Waals surface area contributed by atoms with Gasteiger partial charge in [0.25, 0.3) is 11.1 Å². The number of nitrogens with one attached hydrogen (secondary N) is 2. The Balaban J connectivity index is 2.93. The number of esters is 1. The van der Waals surface area contributed by atoms with Crippen molar-refractivity contribution in [1.82, 2.24) is 14.8 Å². The van der Waals surface area contributed by atoms with E-state index in [0.29, 0.717) is 0 Å². The van der Waals surface area contributed by atoms with Crippen molar-refractivity contribution < 1.29 is 9.53 Å². The highest BCUT2D eigenvalue weighted by atomic mass is 16.5. The molecule has 2 aromatic rings. The number of pyridine rings is 1. The molecule has 2 aromatic heterocycles. The molecule has 0 bridgehead atoms. The van der Waals surface area contributed by atoms with Gasteiger partial charge >= 0.3 is 5.97 Å². The van der Waals surface area contributed by atoms with Crippen LogP contribution in [0.1, 0.15) is 22.8 Å². The number of aryl methyl sites for hydroxylation is 1. The van der Waals surface area contributed by atoms with Crippen LogP contribution in [0, 0.1) is 6.92 Å². The molecule has 7 nitrogen and oxygen atoms in total. The lowest BCUT2D eigenvalue weighted by Gasteiger charge is -2.05. The SMILES string of the molecule is CCOC(=O)c1c(C)c(=O)[nH]c2c1c(=O)[nH]n2C. The van der Waals surface area contributed by atoms with Gasteiger partial charge in [-0.2, -0.15) is 0 Å². The van der Waals surface area contributed by atoms with Crippen LogP contribution in [-0.4, -0.2) is 27.3 Å². The van der Waals surface area contributed by atoms with Crippen molar-refractivity contribution >= 4 is 17.0 Å². The molecule has 0 unspecified atom stereocenters. The first-order chi connectivity index (χ1) is 8.47. The summed E-state index contributed by atoms with van der Waals surface area (Å²) in [6.45, 7) is 3.32. The summed E-state index contributed by atoms with van der Waals surface area (Å²) in [5.41, 5.74) is -0.371. The number of carbonyl (C=O) groups excluding carboxylic acids is 1. The summed E-state index contributed by atoms with van der Waals surface area (Å²) in [6.07, 6.45) is 0. The van der Waals surface area contributed by atoms with Crippen molar-refractivity contribution in [3.05, 3.63) is 31.8 Å². The van der Waals surface area contributed by atoms with Crippen molar-refractivity contribution in [2.45, 2.75) is 13.8 Å². The monoisotopic (exact) mass is 251 g/mol. The van der Waals surface area contributed by atoms with E-state index in [1.165, 1.54) is 11.6 Å². The molecule has 2 N–H and O–H groups in total. The molecule has 2 heterocycles. The van der Waals surface area contributed by atoms with E-state index in [1.807, 2.05) is 0 Å². The Kier molecular flexibility index (Phi) is 2.82. The maximum Gasteiger partial charge on any atom is 0.339 e. The van der Waals surface area contributed by atoms with Gasteiger partial charge in [-0.15, -0.1) is 0 Å². The fourth-order valence-electron chi connectivity index (χ4n) is 1.88. The van der Waals surface area contributed by atoms with Crippen LogP contribution in [-0.2, 0) is 11.8 Å². The van der Waals surface area contributed by atoms with Gasteiger partial charge in [0.05, 0.1) is 17.6 Å². The summed E-state index contributed by atoms with van der Waals surface area (Å²) in [6, 6.07) is 0. The summed E-state index contributed by atoms with van der Waals surface area (Å²) < 4.78 is 6.24. The van der Waals surface area contributed by atoms with E-state index in [4.69, 9.17) is 4.74 Å². The summed E-state index contributed by atoms with van der Waals surface area (Å²) in [5.74, 6) is -0.664. The number of H-pyrrole nitrogens is 2. The van der Waals surface area contributed by atoms with E-state index in [-0.39, 0.29) is 28.8 Å². The van der Waals surface area contributed by atoms with Crippen LogP contribution in [0.5, 0.6) is 0 Å². The van der Waals surface area contributed by atoms with Crippen LogP contribution < -0.4 is 11.1 Å². The molecule has 0 atom stereocenters. The molecule has 96 valence electrons. The minimum atomic E-state index is -0.664. The lowest BCUT2D eigenvalue weighted by molar-refractivity contribution is 0.0527. The van der Waals surface area contributed by atoms with Crippen molar-refractivity contribution in [3.8, 4) is 0 Å². The summed E-state index contributed by atoms with van der Waals surface area (Å²) >= 11 is 0. The molecule has 0 aliphatic rings. The number of rotatable bonds is 2. The average Bonchev–Trinajstić information content (AvgIpc) is 2.56. The molecule has 0 amide bonds. The highest BCUT2D eigenvalue weighted by Gasteiger charge is 2.21. The lowest BCUT2D eigenvalue weighted by Crippen LogP contribution is -2.19. The Morgan fingerprint density at radius 1 is 1.33 bits per heavy atom. The van der Waals surface area contributed by atoms with Crippen LogP contribution >= 0.6 is 0 Å². The van der Waals surface area contributed by atoms with Crippen LogP contribution in [0.25, 0.3) is 11.0 Å². The summed E-state index contributed by atoms with van der Waals surface area (Å²) in [4.78, 5) is 37.9. The van der Waals surface area contributed by atoms with Crippen LogP contribution in [0.2, 0.25) is 0 Å². The lowest BCUT2D eigenvalue weighted by atomic mass is 10.1. The largest absolute Gasteiger partial charge is 0.462 e. The second-order valence-corrected chi connectivity index (χ2v) is 3.90. The second-order valence-electron chi connectivity index (χ2n) is 3.90. The number of fused-ring (bicyclic) bond motifs is 1. The zero-order valence-corrected chi connectivity index (χ0v) is 10.3. The third-order valence-electron chi connectivity index (χ3n) is 2.75. The quantitative estimate of drug-likeness (QED) is 0.736. The van der Waals surface area contributed by atoms with Crippen LogP contribution in [0.15, 0.2) is 9.59 Å². The van der Waals surface area contributed by atoms with Crippen molar-refractivity contribution in [1.29, 1.82) is 0 Å². The molecule has 0 aliphatic heterocycles. The standard InChI is InChI=1S/C11H13N3O4/c1-4-18-11(17)6-5(2)9(15)12-8-7(6)10(16)13-14(8)3/h4H2,1-3H3,(H,12,15)(H,13,16). The predicted molar refractivity (Wildman–Crippen MR) is 64.9 cm³/mol. The van der Waals surface area contributed by atoms with E-state index < -0.39 is 17.1 Å². The highest BCUT2D eigenvalue weighted by Crippen LogP contribution is 2.14. The Bertz CT molecular complexity index is 735. The van der Waals surface area contributed by atoms with Gasteiger partial charge in [-0.25, -0.2) is 4.79 Å². The molecule has 0 radical (unpaired) electrons. The van der Waals surface area contributed by atoms with Gasteiger partial charge in [0, 0.05) is 12.6 Å². The number of aromatic nitrogens is 3. The fraction of sp³-hybridized carbons (Fsp3) is 0.364. The maximum absolute atomic E-state index is 11.9. The van der Waals surface area contributed by atoms with Gasteiger partial charge in [-0.05, 0) is 13.8 Å². The molecule has 0 aliphatic carbocycles. The first-order valence-electron chi connectivity index (χ1n) is 5.46. The normalized spacial score (nSPS) is 10.8. The molecule has 2 rings (SSSR count). The Morgan fingerprint density at radius 3 is 2.61 bits per heavy atom.